The van der Waals surface area contributed by atoms with Crippen LogP contribution in [0, 0.1) is 0 Å². The number of carbonyl (C=O) groups is 1. The molecular weight excluding hydrogens is 282 g/mol. The van der Waals surface area contributed by atoms with E-state index in [1.54, 1.807) is 23.5 Å². The zero-order valence-electron chi connectivity index (χ0n) is 10.3. The number of ether oxygens (including phenoxy) is 1. The van der Waals surface area contributed by atoms with Crippen LogP contribution in [0.15, 0.2) is 35.7 Å². The molecule has 19 heavy (non-hydrogen) atoms. The van der Waals surface area contributed by atoms with E-state index in [0.29, 0.717) is 18.1 Å². The average molecular weight is 294 g/mol. The van der Waals surface area contributed by atoms with Gasteiger partial charge in [-0.2, -0.15) is 0 Å². The lowest BCUT2D eigenvalue weighted by Gasteiger charge is -2.04. The fourth-order valence-corrected chi connectivity index (χ4v) is 2.30. The van der Waals surface area contributed by atoms with Gasteiger partial charge in [-0.25, -0.2) is 4.98 Å². The highest BCUT2D eigenvalue weighted by molar-refractivity contribution is 7.10. The van der Waals surface area contributed by atoms with E-state index in [4.69, 9.17) is 16.3 Å². The molecule has 3 nitrogen and oxygen atoms in total. The number of aromatic nitrogens is 1. The number of halogens is 1. The van der Waals surface area contributed by atoms with Crippen LogP contribution in [-0.2, 0) is 0 Å². The molecule has 0 aromatic carbocycles. The SMILES string of the molecule is CCOc1cc(C(=O)C=Cc2cccs2)cc(Cl)n1. The van der Waals surface area contributed by atoms with Gasteiger partial charge in [0.05, 0.1) is 6.61 Å². The smallest absolute Gasteiger partial charge is 0.215 e. The van der Waals surface area contributed by atoms with Crippen molar-refractivity contribution < 1.29 is 9.53 Å². The highest BCUT2D eigenvalue weighted by Crippen LogP contribution is 2.18. The Hall–Kier alpha value is -1.65. The summed E-state index contributed by atoms with van der Waals surface area (Å²) in [6, 6.07) is 7.01. The van der Waals surface area contributed by atoms with Crippen molar-refractivity contribution >= 4 is 34.8 Å². The number of nitrogens with zero attached hydrogens (tertiary/aromatic N) is 1. The molecule has 0 saturated carbocycles. The Morgan fingerprint density at radius 2 is 2.37 bits per heavy atom. The normalized spacial score (nSPS) is 10.8. The van der Waals surface area contributed by atoms with Crippen molar-refractivity contribution in [3.63, 3.8) is 0 Å². The summed E-state index contributed by atoms with van der Waals surface area (Å²) in [4.78, 5) is 17.0. The molecule has 0 unspecified atom stereocenters. The minimum atomic E-state index is -0.126. The van der Waals surface area contributed by atoms with Crippen LogP contribution in [0.2, 0.25) is 5.15 Å². The van der Waals surface area contributed by atoms with Gasteiger partial charge in [-0.1, -0.05) is 17.7 Å². The monoisotopic (exact) mass is 293 g/mol. The number of allylic oxidation sites excluding steroid dienone is 1. The summed E-state index contributed by atoms with van der Waals surface area (Å²) in [5.41, 5.74) is 0.469. The van der Waals surface area contributed by atoms with Crippen LogP contribution in [0.5, 0.6) is 5.88 Å². The topological polar surface area (TPSA) is 39.2 Å². The molecule has 0 amide bonds. The first-order chi connectivity index (χ1) is 9.19. The van der Waals surface area contributed by atoms with E-state index in [1.165, 1.54) is 12.1 Å². The number of ketones is 1. The van der Waals surface area contributed by atoms with Crippen molar-refractivity contribution in [2.24, 2.45) is 0 Å². The second-order valence-corrected chi connectivity index (χ2v) is 5.03. The van der Waals surface area contributed by atoms with Gasteiger partial charge in [0.2, 0.25) is 5.88 Å². The molecule has 0 aliphatic heterocycles. The maximum absolute atomic E-state index is 12.0. The molecule has 5 heteroatoms. The summed E-state index contributed by atoms with van der Waals surface area (Å²) in [5, 5.41) is 2.21. The molecule has 2 heterocycles. The van der Waals surface area contributed by atoms with Crippen LogP contribution in [-0.4, -0.2) is 17.4 Å². The maximum Gasteiger partial charge on any atom is 0.215 e. The Labute approximate surface area is 120 Å². The van der Waals surface area contributed by atoms with Crippen LogP contribution in [0.4, 0.5) is 0 Å². The van der Waals surface area contributed by atoms with Crippen LogP contribution in [0.1, 0.15) is 22.2 Å². The summed E-state index contributed by atoms with van der Waals surface area (Å²) >= 11 is 7.44. The number of hydrogen-bond acceptors (Lipinski definition) is 4. The molecule has 0 bridgehead atoms. The number of pyridine rings is 1. The number of hydrogen-bond donors (Lipinski definition) is 0. The van der Waals surface area contributed by atoms with Gasteiger partial charge in [0.15, 0.2) is 5.78 Å². The summed E-state index contributed by atoms with van der Waals surface area (Å²) < 4.78 is 5.26. The molecule has 2 rings (SSSR count). The van der Waals surface area contributed by atoms with Crippen LogP contribution >= 0.6 is 22.9 Å². The van der Waals surface area contributed by atoms with Crippen molar-refractivity contribution in [2.45, 2.75) is 6.92 Å². The second kappa shape index (κ2) is 6.50. The van der Waals surface area contributed by atoms with E-state index in [2.05, 4.69) is 4.98 Å². The van der Waals surface area contributed by atoms with Gasteiger partial charge in [-0.15, -0.1) is 11.3 Å². The molecule has 2 aromatic heterocycles. The molecule has 0 spiro atoms. The van der Waals surface area contributed by atoms with E-state index >= 15 is 0 Å². The minimum absolute atomic E-state index is 0.126. The second-order valence-electron chi connectivity index (χ2n) is 3.66. The van der Waals surface area contributed by atoms with Crippen molar-refractivity contribution in [1.82, 2.24) is 4.98 Å². The summed E-state index contributed by atoms with van der Waals surface area (Å²) in [7, 11) is 0. The first-order valence-corrected chi connectivity index (χ1v) is 7.01. The number of carbonyl (C=O) groups excluding carboxylic acids is 1. The third-order valence-electron chi connectivity index (χ3n) is 2.29. The molecular formula is C14H12ClNO2S. The number of rotatable bonds is 5. The molecule has 2 aromatic rings. The van der Waals surface area contributed by atoms with E-state index in [1.807, 2.05) is 24.4 Å². The molecule has 0 atom stereocenters. The Morgan fingerprint density at radius 1 is 1.53 bits per heavy atom. The van der Waals surface area contributed by atoms with E-state index < -0.39 is 0 Å². The Morgan fingerprint density at radius 3 is 3.05 bits per heavy atom. The van der Waals surface area contributed by atoms with Crippen molar-refractivity contribution in [3.05, 3.63) is 51.3 Å². The molecule has 0 aliphatic carbocycles. The Kier molecular flexibility index (Phi) is 4.71. The first-order valence-electron chi connectivity index (χ1n) is 5.75. The fourth-order valence-electron chi connectivity index (χ4n) is 1.48. The summed E-state index contributed by atoms with van der Waals surface area (Å²) in [6.07, 6.45) is 3.30. The highest BCUT2D eigenvalue weighted by atomic mass is 35.5. The lowest BCUT2D eigenvalue weighted by Crippen LogP contribution is -1.99. The highest BCUT2D eigenvalue weighted by Gasteiger charge is 2.07. The van der Waals surface area contributed by atoms with E-state index in [-0.39, 0.29) is 10.9 Å². The van der Waals surface area contributed by atoms with E-state index in [0.717, 1.165) is 4.88 Å². The van der Waals surface area contributed by atoms with Gasteiger partial charge >= 0.3 is 0 Å². The lowest BCUT2D eigenvalue weighted by atomic mass is 10.1. The predicted molar refractivity (Wildman–Crippen MR) is 78.1 cm³/mol. The molecule has 0 radical (unpaired) electrons. The Balaban J connectivity index is 2.18. The first kappa shape index (κ1) is 13.8. The van der Waals surface area contributed by atoms with Gasteiger partial charge < -0.3 is 4.74 Å². The van der Waals surface area contributed by atoms with Crippen LogP contribution < -0.4 is 4.74 Å². The molecule has 0 saturated heterocycles. The average Bonchev–Trinajstić information content (AvgIpc) is 2.88. The van der Waals surface area contributed by atoms with Crippen molar-refractivity contribution in [1.29, 1.82) is 0 Å². The van der Waals surface area contributed by atoms with Crippen LogP contribution in [0.25, 0.3) is 6.08 Å². The third kappa shape index (κ3) is 3.91. The van der Waals surface area contributed by atoms with Crippen molar-refractivity contribution in [3.8, 4) is 5.88 Å². The maximum atomic E-state index is 12.0. The minimum Gasteiger partial charge on any atom is -0.478 e. The fraction of sp³-hybridized carbons (Fsp3) is 0.143. The standard InChI is InChI=1S/C14H12ClNO2S/c1-2-18-14-9-10(8-13(15)16-14)12(17)6-5-11-4-3-7-19-11/h3-9H,2H2,1H3. The molecule has 0 aliphatic rings. The number of thiophene rings is 1. The molecule has 0 fully saturated rings. The summed E-state index contributed by atoms with van der Waals surface area (Å²) in [5.74, 6) is 0.238. The van der Waals surface area contributed by atoms with Gasteiger partial charge in [0, 0.05) is 16.5 Å². The van der Waals surface area contributed by atoms with Crippen LogP contribution in [0.3, 0.4) is 0 Å². The lowest BCUT2D eigenvalue weighted by molar-refractivity contribution is 0.104. The molecule has 98 valence electrons. The van der Waals surface area contributed by atoms with Gasteiger partial charge in [0.1, 0.15) is 5.15 Å². The summed E-state index contributed by atoms with van der Waals surface area (Å²) in [6.45, 7) is 2.33. The van der Waals surface area contributed by atoms with Gasteiger partial charge in [-0.05, 0) is 36.6 Å². The molecule has 0 N–H and O–H groups in total. The predicted octanol–water partition coefficient (Wildman–Crippen LogP) is 4.09. The zero-order valence-corrected chi connectivity index (χ0v) is 11.9. The van der Waals surface area contributed by atoms with Crippen molar-refractivity contribution in [2.75, 3.05) is 6.61 Å². The van der Waals surface area contributed by atoms with Gasteiger partial charge in [0.25, 0.3) is 0 Å². The Bertz CT molecular complexity index is 593. The van der Waals surface area contributed by atoms with E-state index in [9.17, 15) is 4.79 Å². The van der Waals surface area contributed by atoms with Gasteiger partial charge in [-0.3, -0.25) is 4.79 Å². The zero-order chi connectivity index (χ0) is 13.7. The largest absolute Gasteiger partial charge is 0.478 e. The quantitative estimate of drug-likeness (QED) is 0.473. The third-order valence-corrected chi connectivity index (χ3v) is 3.32.